The molecule has 0 aliphatic carbocycles. The Kier molecular flexibility index (Phi) is 4.35. The Morgan fingerprint density at radius 1 is 1.20 bits per heavy atom. The lowest BCUT2D eigenvalue weighted by Gasteiger charge is -2.17. The van der Waals surface area contributed by atoms with Gasteiger partial charge >= 0.3 is 0 Å². The Balaban J connectivity index is 1.97. The quantitative estimate of drug-likeness (QED) is 0.737. The molecule has 3 rings (SSSR count). The summed E-state index contributed by atoms with van der Waals surface area (Å²) >= 11 is 0. The maximum Gasteiger partial charge on any atom is 0.278 e. The van der Waals surface area contributed by atoms with E-state index in [1.807, 2.05) is 19.1 Å². The molecule has 25 heavy (non-hydrogen) atoms. The second-order valence-corrected chi connectivity index (χ2v) is 6.11. The Bertz CT molecular complexity index is 1010. The van der Waals surface area contributed by atoms with E-state index in [9.17, 15) is 14.0 Å². The monoisotopic (exact) mass is 339 g/mol. The second-order valence-electron chi connectivity index (χ2n) is 6.11. The van der Waals surface area contributed by atoms with Crippen molar-refractivity contribution in [3.63, 3.8) is 0 Å². The molecule has 0 aliphatic rings. The fraction of sp³-hybridized carbons (Fsp3) is 0.211. The molecule has 0 spiro atoms. The minimum atomic E-state index is -0.465. The molecule has 0 N–H and O–H groups in total. The molecule has 128 valence electrons. The number of aryl methyl sites for hydroxylation is 2. The van der Waals surface area contributed by atoms with Crippen molar-refractivity contribution in [1.82, 2.24) is 14.7 Å². The number of hydrogen-bond acceptors (Lipinski definition) is 3. The molecule has 2 aromatic carbocycles. The van der Waals surface area contributed by atoms with Crippen LogP contribution in [0.1, 0.15) is 21.6 Å². The SMILES string of the molecule is Cc1ccc2c(c1)c(=O)c(C(=O)N(C)Cc1ccc(F)cc1)nn2C. The van der Waals surface area contributed by atoms with E-state index in [0.717, 1.165) is 11.1 Å². The first-order valence-electron chi connectivity index (χ1n) is 7.84. The number of aromatic nitrogens is 2. The number of halogens is 1. The third-order valence-corrected chi connectivity index (χ3v) is 4.09. The minimum Gasteiger partial charge on any atom is -0.336 e. The van der Waals surface area contributed by atoms with E-state index in [0.29, 0.717) is 10.9 Å². The predicted molar refractivity (Wildman–Crippen MR) is 93.9 cm³/mol. The van der Waals surface area contributed by atoms with Crippen LogP contribution in [0.4, 0.5) is 4.39 Å². The van der Waals surface area contributed by atoms with Crippen molar-refractivity contribution < 1.29 is 9.18 Å². The van der Waals surface area contributed by atoms with Crippen molar-refractivity contribution in [2.24, 2.45) is 7.05 Å². The van der Waals surface area contributed by atoms with Gasteiger partial charge in [-0.1, -0.05) is 23.8 Å². The highest BCUT2D eigenvalue weighted by Crippen LogP contribution is 2.13. The zero-order valence-corrected chi connectivity index (χ0v) is 14.3. The predicted octanol–water partition coefficient (Wildman–Crippen LogP) is 2.65. The highest BCUT2D eigenvalue weighted by atomic mass is 19.1. The van der Waals surface area contributed by atoms with Gasteiger partial charge in [0.1, 0.15) is 5.82 Å². The van der Waals surface area contributed by atoms with E-state index in [1.54, 1.807) is 32.3 Å². The van der Waals surface area contributed by atoms with Crippen LogP contribution >= 0.6 is 0 Å². The summed E-state index contributed by atoms with van der Waals surface area (Å²) in [5.41, 5.74) is 1.88. The number of nitrogens with zero attached hydrogens (tertiary/aromatic N) is 3. The van der Waals surface area contributed by atoms with Gasteiger partial charge in [-0.3, -0.25) is 14.3 Å². The van der Waals surface area contributed by atoms with Gasteiger partial charge in [0.25, 0.3) is 5.91 Å². The third kappa shape index (κ3) is 3.28. The van der Waals surface area contributed by atoms with E-state index in [-0.39, 0.29) is 23.5 Å². The number of amides is 1. The third-order valence-electron chi connectivity index (χ3n) is 4.09. The topological polar surface area (TPSA) is 55.2 Å². The molecule has 1 amide bonds. The first-order chi connectivity index (χ1) is 11.9. The molecule has 0 saturated heterocycles. The molecular weight excluding hydrogens is 321 g/mol. The van der Waals surface area contributed by atoms with Crippen LogP contribution in [-0.4, -0.2) is 27.6 Å². The molecule has 0 saturated carbocycles. The average molecular weight is 339 g/mol. The van der Waals surface area contributed by atoms with Gasteiger partial charge in [0.15, 0.2) is 5.69 Å². The van der Waals surface area contributed by atoms with Crippen molar-refractivity contribution >= 4 is 16.8 Å². The van der Waals surface area contributed by atoms with Crippen LogP contribution in [0.25, 0.3) is 10.9 Å². The van der Waals surface area contributed by atoms with Crippen molar-refractivity contribution in [3.8, 4) is 0 Å². The van der Waals surface area contributed by atoms with Crippen LogP contribution in [-0.2, 0) is 13.6 Å². The number of fused-ring (bicyclic) bond motifs is 1. The van der Waals surface area contributed by atoms with Crippen LogP contribution in [0.5, 0.6) is 0 Å². The summed E-state index contributed by atoms with van der Waals surface area (Å²) in [5, 5.41) is 4.63. The Labute approximate surface area is 144 Å². The highest BCUT2D eigenvalue weighted by molar-refractivity contribution is 5.95. The van der Waals surface area contributed by atoms with E-state index in [2.05, 4.69) is 5.10 Å². The smallest absolute Gasteiger partial charge is 0.278 e. The van der Waals surface area contributed by atoms with Gasteiger partial charge in [-0.15, -0.1) is 0 Å². The summed E-state index contributed by atoms with van der Waals surface area (Å²) in [6.07, 6.45) is 0. The van der Waals surface area contributed by atoms with E-state index in [1.165, 1.54) is 21.7 Å². The number of carbonyl (C=O) groups excluding carboxylic acids is 1. The average Bonchev–Trinajstić information content (AvgIpc) is 2.59. The molecular formula is C19H18FN3O2. The zero-order valence-electron chi connectivity index (χ0n) is 14.3. The second kappa shape index (κ2) is 6.47. The summed E-state index contributed by atoms with van der Waals surface area (Å²) in [5.74, 6) is -0.800. The molecule has 1 aromatic heterocycles. The number of carbonyl (C=O) groups is 1. The first kappa shape index (κ1) is 16.8. The van der Waals surface area contributed by atoms with Gasteiger partial charge in [-0.2, -0.15) is 5.10 Å². The summed E-state index contributed by atoms with van der Waals surface area (Å²) in [6.45, 7) is 2.15. The summed E-state index contributed by atoms with van der Waals surface area (Å²) < 4.78 is 14.5. The van der Waals surface area contributed by atoms with Gasteiger partial charge in [0, 0.05) is 20.6 Å². The van der Waals surface area contributed by atoms with Crippen molar-refractivity contribution in [1.29, 1.82) is 0 Å². The summed E-state index contributed by atoms with van der Waals surface area (Å²) in [7, 11) is 3.29. The lowest BCUT2D eigenvalue weighted by Crippen LogP contribution is -2.33. The molecule has 6 heteroatoms. The van der Waals surface area contributed by atoms with E-state index < -0.39 is 5.91 Å². The molecule has 0 radical (unpaired) electrons. The maximum absolute atomic E-state index is 13.0. The van der Waals surface area contributed by atoms with Gasteiger partial charge in [0.05, 0.1) is 10.9 Å². The van der Waals surface area contributed by atoms with Crippen LogP contribution in [0.3, 0.4) is 0 Å². The van der Waals surface area contributed by atoms with Gasteiger partial charge in [0.2, 0.25) is 5.43 Å². The largest absolute Gasteiger partial charge is 0.336 e. The van der Waals surface area contributed by atoms with E-state index >= 15 is 0 Å². The van der Waals surface area contributed by atoms with Crippen LogP contribution in [0, 0.1) is 12.7 Å². The summed E-state index contributed by atoms with van der Waals surface area (Å²) in [6, 6.07) is 11.4. The van der Waals surface area contributed by atoms with Crippen LogP contribution in [0.15, 0.2) is 47.3 Å². The number of benzene rings is 2. The van der Waals surface area contributed by atoms with E-state index in [4.69, 9.17) is 0 Å². The van der Waals surface area contributed by atoms with Crippen LogP contribution in [0.2, 0.25) is 0 Å². The van der Waals surface area contributed by atoms with Crippen molar-refractivity contribution in [2.45, 2.75) is 13.5 Å². The molecule has 0 aliphatic heterocycles. The molecule has 3 aromatic rings. The maximum atomic E-state index is 13.0. The number of rotatable bonds is 3. The first-order valence-corrected chi connectivity index (χ1v) is 7.84. The zero-order chi connectivity index (χ0) is 18.1. The van der Waals surface area contributed by atoms with Gasteiger partial charge in [-0.25, -0.2) is 4.39 Å². The lowest BCUT2D eigenvalue weighted by molar-refractivity contribution is 0.0776. The number of hydrogen-bond donors (Lipinski definition) is 0. The highest BCUT2D eigenvalue weighted by Gasteiger charge is 2.20. The van der Waals surface area contributed by atoms with Crippen LogP contribution < -0.4 is 5.43 Å². The van der Waals surface area contributed by atoms with Crippen molar-refractivity contribution in [3.05, 3.63) is 75.3 Å². The Morgan fingerprint density at radius 2 is 1.88 bits per heavy atom. The Hall–Kier alpha value is -3.02. The molecule has 0 fully saturated rings. The fourth-order valence-electron chi connectivity index (χ4n) is 2.75. The molecule has 1 heterocycles. The summed E-state index contributed by atoms with van der Waals surface area (Å²) in [4.78, 5) is 26.8. The normalized spacial score (nSPS) is 10.9. The molecule has 0 bridgehead atoms. The van der Waals surface area contributed by atoms with Gasteiger partial charge < -0.3 is 4.90 Å². The van der Waals surface area contributed by atoms with Gasteiger partial charge in [-0.05, 0) is 36.8 Å². The minimum absolute atomic E-state index is 0.120. The molecule has 0 atom stereocenters. The molecule has 0 unspecified atom stereocenters. The Morgan fingerprint density at radius 3 is 2.56 bits per heavy atom. The van der Waals surface area contributed by atoms with Crippen molar-refractivity contribution in [2.75, 3.05) is 7.05 Å². The molecule has 5 nitrogen and oxygen atoms in total. The standard InChI is InChI=1S/C19H18FN3O2/c1-12-4-9-16-15(10-12)18(24)17(21-23(16)3)19(25)22(2)11-13-5-7-14(20)8-6-13/h4-10H,11H2,1-3H3. The lowest BCUT2D eigenvalue weighted by atomic mass is 10.1. The fourth-order valence-corrected chi connectivity index (χ4v) is 2.75.